The van der Waals surface area contributed by atoms with Gasteiger partial charge in [0.25, 0.3) is 5.91 Å². The van der Waals surface area contributed by atoms with Crippen molar-refractivity contribution >= 4 is 11.6 Å². The molecule has 0 bridgehead atoms. The van der Waals surface area contributed by atoms with Gasteiger partial charge >= 0.3 is 0 Å². The van der Waals surface area contributed by atoms with Crippen LogP contribution in [0.2, 0.25) is 0 Å². The van der Waals surface area contributed by atoms with Crippen LogP contribution in [0.3, 0.4) is 0 Å². The van der Waals surface area contributed by atoms with Gasteiger partial charge in [-0.05, 0) is 38.4 Å². The Morgan fingerprint density at radius 1 is 1.14 bits per heavy atom. The molecule has 0 unspecified atom stereocenters. The Bertz CT molecular complexity index is 450. The molecule has 1 amide bonds. The van der Waals surface area contributed by atoms with Crippen LogP contribution in [0.4, 0.5) is 5.69 Å². The van der Waals surface area contributed by atoms with Crippen molar-refractivity contribution in [2.24, 2.45) is 0 Å². The summed E-state index contributed by atoms with van der Waals surface area (Å²) >= 11 is 0. The normalized spacial score (nSPS) is 16.3. The van der Waals surface area contributed by atoms with Crippen molar-refractivity contribution in [3.05, 3.63) is 29.8 Å². The first-order valence-corrected chi connectivity index (χ1v) is 7.54. The van der Waals surface area contributed by atoms with Gasteiger partial charge in [0.05, 0.1) is 0 Å². The number of piperazine rings is 1. The average molecular weight is 290 g/mol. The fourth-order valence-corrected chi connectivity index (χ4v) is 2.48. The van der Waals surface area contributed by atoms with E-state index in [0.717, 1.165) is 50.5 Å². The van der Waals surface area contributed by atoms with Crippen LogP contribution in [-0.2, 0) is 0 Å². The third-order valence-corrected chi connectivity index (χ3v) is 3.94. The van der Waals surface area contributed by atoms with E-state index >= 15 is 0 Å². The zero-order valence-electron chi connectivity index (χ0n) is 13.3. The van der Waals surface area contributed by atoms with E-state index in [1.807, 2.05) is 36.2 Å². The number of carbonyl (C=O) groups excluding carboxylic acids is 1. The number of hydrogen-bond donors (Lipinski definition) is 1. The summed E-state index contributed by atoms with van der Waals surface area (Å²) in [4.78, 5) is 19.0. The van der Waals surface area contributed by atoms with Crippen LogP contribution in [0.15, 0.2) is 24.3 Å². The number of carbonyl (C=O) groups is 1. The highest BCUT2D eigenvalue weighted by molar-refractivity contribution is 5.94. The first-order valence-electron chi connectivity index (χ1n) is 7.54. The summed E-state index contributed by atoms with van der Waals surface area (Å²) in [5.74, 6) is 0.143. The van der Waals surface area contributed by atoms with E-state index in [4.69, 9.17) is 0 Å². The number of hydrogen-bond acceptors (Lipinski definition) is 4. The highest BCUT2D eigenvalue weighted by atomic mass is 16.2. The second-order valence-corrected chi connectivity index (χ2v) is 5.76. The Morgan fingerprint density at radius 2 is 1.76 bits per heavy atom. The van der Waals surface area contributed by atoms with Crippen LogP contribution in [0.25, 0.3) is 0 Å². The molecule has 1 aliphatic rings. The highest BCUT2D eigenvalue weighted by Gasteiger charge is 2.21. The monoisotopic (exact) mass is 290 g/mol. The quantitative estimate of drug-likeness (QED) is 0.880. The topological polar surface area (TPSA) is 38.8 Å². The van der Waals surface area contributed by atoms with Gasteiger partial charge in [0.15, 0.2) is 0 Å². The zero-order chi connectivity index (χ0) is 15.2. The molecule has 0 radical (unpaired) electrons. The number of likely N-dealkylation sites (N-methyl/N-ethyl adjacent to an activating group) is 1. The lowest BCUT2D eigenvalue weighted by Crippen LogP contribution is -2.49. The average Bonchev–Trinajstić information content (AvgIpc) is 2.53. The van der Waals surface area contributed by atoms with Gasteiger partial charge in [-0.1, -0.05) is 0 Å². The van der Waals surface area contributed by atoms with E-state index in [9.17, 15) is 4.79 Å². The maximum atomic E-state index is 12.5. The number of rotatable bonds is 5. The van der Waals surface area contributed by atoms with Crippen molar-refractivity contribution in [1.29, 1.82) is 0 Å². The predicted octanol–water partition coefficient (Wildman–Crippen LogP) is 1.05. The van der Waals surface area contributed by atoms with Gasteiger partial charge in [0.2, 0.25) is 0 Å². The lowest BCUT2D eigenvalue weighted by molar-refractivity contribution is 0.0630. The molecule has 0 aliphatic carbocycles. The van der Waals surface area contributed by atoms with Crippen molar-refractivity contribution in [3.8, 4) is 0 Å². The number of anilines is 1. The van der Waals surface area contributed by atoms with Crippen molar-refractivity contribution in [2.75, 3.05) is 65.7 Å². The highest BCUT2D eigenvalue weighted by Crippen LogP contribution is 2.12. The fraction of sp³-hybridized carbons (Fsp3) is 0.562. The standard InChI is InChI=1S/C16H26N4O/c1-17-15-6-4-14(5-7-15)16(21)20-12-10-19(11-13-20)9-8-18(2)3/h4-7,17H,8-13H2,1-3H3. The number of nitrogens with one attached hydrogen (secondary N) is 1. The Labute approximate surface area is 127 Å². The summed E-state index contributed by atoms with van der Waals surface area (Å²) < 4.78 is 0. The van der Waals surface area contributed by atoms with E-state index in [0.29, 0.717) is 0 Å². The van der Waals surface area contributed by atoms with E-state index < -0.39 is 0 Å². The number of benzene rings is 1. The summed E-state index contributed by atoms with van der Waals surface area (Å²) in [6, 6.07) is 7.68. The van der Waals surface area contributed by atoms with Gasteiger partial charge in [-0.3, -0.25) is 9.69 Å². The maximum Gasteiger partial charge on any atom is 0.253 e. The van der Waals surface area contributed by atoms with Crippen molar-refractivity contribution in [2.45, 2.75) is 0 Å². The smallest absolute Gasteiger partial charge is 0.253 e. The molecular formula is C16H26N4O. The minimum absolute atomic E-state index is 0.143. The Morgan fingerprint density at radius 3 is 2.29 bits per heavy atom. The molecule has 1 aromatic rings. The van der Waals surface area contributed by atoms with Crippen molar-refractivity contribution < 1.29 is 4.79 Å². The summed E-state index contributed by atoms with van der Waals surface area (Å²) in [5.41, 5.74) is 1.80. The SMILES string of the molecule is CNc1ccc(C(=O)N2CCN(CCN(C)C)CC2)cc1. The minimum Gasteiger partial charge on any atom is -0.388 e. The first-order chi connectivity index (χ1) is 10.1. The zero-order valence-corrected chi connectivity index (χ0v) is 13.3. The van der Waals surface area contributed by atoms with Crippen LogP contribution < -0.4 is 5.32 Å². The van der Waals surface area contributed by atoms with Gasteiger partial charge < -0.3 is 15.1 Å². The van der Waals surface area contributed by atoms with Gasteiger partial charge in [-0.2, -0.15) is 0 Å². The molecule has 1 aromatic carbocycles. The largest absolute Gasteiger partial charge is 0.388 e. The molecule has 1 saturated heterocycles. The van der Waals surface area contributed by atoms with E-state index in [1.165, 1.54) is 0 Å². The second-order valence-electron chi connectivity index (χ2n) is 5.76. The van der Waals surface area contributed by atoms with Gasteiger partial charge in [-0.25, -0.2) is 0 Å². The van der Waals surface area contributed by atoms with Crippen molar-refractivity contribution in [1.82, 2.24) is 14.7 Å². The third kappa shape index (κ3) is 4.44. The number of amides is 1. The Hall–Kier alpha value is -1.59. The molecule has 1 aliphatic heterocycles. The van der Waals surface area contributed by atoms with Crippen molar-refractivity contribution in [3.63, 3.8) is 0 Å². The van der Waals surface area contributed by atoms with Crippen LogP contribution in [0.1, 0.15) is 10.4 Å². The molecule has 21 heavy (non-hydrogen) atoms. The van der Waals surface area contributed by atoms with Crippen LogP contribution in [0, 0.1) is 0 Å². The summed E-state index contributed by atoms with van der Waals surface area (Å²) in [5, 5.41) is 3.07. The predicted molar refractivity (Wildman–Crippen MR) is 86.9 cm³/mol. The molecule has 5 nitrogen and oxygen atoms in total. The van der Waals surface area contributed by atoms with E-state index in [-0.39, 0.29) is 5.91 Å². The molecule has 0 aromatic heterocycles. The molecule has 2 rings (SSSR count). The van der Waals surface area contributed by atoms with Gasteiger partial charge in [0, 0.05) is 57.6 Å². The molecule has 0 atom stereocenters. The molecule has 0 saturated carbocycles. The van der Waals surface area contributed by atoms with E-state index in [2.05, 4.69) is 29.2 Å². The summed E-state index contributed by atoms with van der Waals surface area (Å²) in [6.45, 7) is 5.72. The lowest BCUT2D eigenvalue weighted by atomic mass is 10.1. The fourth-order valence-electron chi connectivity index (χ4n) is 2.48. The van der Waals surface area contributed by atoms with Gasteiger partial charge in [-0.15, -0.1) is 0 Å². The summed E-state index contributed by atoms with van der Waals surface area (Å²) in [6.07, 6.45) is 0. The molecule has 1 heterocycles. The molecule has 1 fully saturated rings. The van der Waals surface area contributed by atoms with E-state index in [1.54, 1.807) is 0 Å². The van der Waals surface area contributed by atoms with Crippen LogP contribution in [-0.4, -0.2) is 81.0 Å². The first kappa shape index (κ1) is 15.8. The molecule has 116 valence electrons. The lowest BCUT2D eigenvalue weighted by Gasteiger charge is -2.35. The molecule has 1 N–H and O–H groups in total. The van der Waals surface area contributed by atoms with Crippen LogP contribution in [0.5, 0.6) is 0 Å². The third-order valence-electron chi connectivity index (χ3n) is 3.94. The van der Waals surface area contributed by atoms with Crippen LogP contribution >= 0.6 is 0 Å². The minimum atomic E-state index is 0.143. The number of nitrogens with zero attached hydrogens (tertiary/aromatic N) is 3. The van der Waals surface area contributed by atoms with Gasteiger partial charge in [0.1, 0.15) is 0 Å². The molecular weight excluding hydrogens is 264 g/mol. The summed E-state index contributed by atoms with van der Waals surface area (Å²) in [7, 11) is 6.06. The maximum absolute atomic E-state index is 12.5. The second kappa shape index (κ2) is 7.43. The molecule has 0 spiro atoms. The molecule has 5 heteroatoms. The Balaban J connectivity index is 1.84. The Kier molecular flexibility index (Phi) is 5.59.